The van der Waals surface area contributed by atoms with E-state index in [0.717, 1.165) is 15.5 Å². The van der Waals surface area contributed by atoms with Gasteiger partial charge < -0.3 is 0 Å². The molecule has 0 radical (unpaired) electrons. The zero-order chi connectivity index (χ0) is 19.7. The van der Waals surface area contributed by atoms with Gasteiger partial charge in [-0.15, -0.1) is 0 Å². The molecular weight excluding hydrogens is 541 g/mol. The molecule has 2 heterocycles. The van der Waals surface area contributed by atoms with Gasteiger partial charge in [0.15, 0.2) is 5.65 Å². The van der Waals surface area contributed by atoms with E-state index in [1.807, 2.05) is 33.9 Å². The number of fused-ring (bicyclic) bond motifs is 1. The van der Waals surface area contributed by atoms with Crippen molar-refractivity contribution in [2.75, 3.05) is 14.1 Å². The average Bonchev–Trinajstić information content (AvgIpc) is 3.02. The second kappa shape index (κ2) is 12.3. The number of benzene rings is 1. The van der Waals surface area contributed by atoms with E-state index in [-0.39, 0.29) is 0 Å². The van der Waals surface area contributed by atoms with Gasteiger partial charge in [0.2, 0.25) is 0 Å². The van der Waals surface area contributed by atoms with Crippen LogP contribution < -0.4 is 0 Å². The maximum atomic E-state index is 4.55. The molecule has 0 amide bonds. The first-order chi connectivity index (χ1) is 12.6. The van der Waals surface area contributed by atoms with Crippen LogP contribution in [0.25, 0.3) is 22.2 Å². The largest absolute Gasteiger partial charge is 0.265 e. The van der Waals surface area contributed by atoms with Gasteiger partial charge in [0, 0.05) is 63.0 Å². The van der Waals surface area contributed by atoms with Crippen LogP contribution in [0.3, 0.4) is 0 Å². The third-order valence-electron chi connectivity index (χ3n) is 3.09. The summed E-state index contributed by atoms with van der Waals surface area (Å²) in [6.45, 7) is 8.00. The molecule has 0 aliphatic rings. The Morgan fingerprint density at radius 1 is 1.12 bits per heavy atom. The van der Waals surface area contributed by atoms with Crippen molar-refractivity contribution < 1.29 is 0 Å². The Balaban J connectivity index is 0.000000791. The van der Waals surface area contributed by atoms with Crippen LogP contribution in [0, 0.1) is 0 Å². The summed E-state index contributed by atoms with van der Waals surface area (Å²) in [4.78, 5) is 5.78. The number of halogens is 2. The van der Waals surface area contributed by atoms with Crippen LogP contribution in [0.4, 0.5) is 0 Å². The minimum absolute atomic E-state index is 0.989. The predicted molar refractivity (Wildman–Crippen MR) is 132 cm³/mol. The first-order valence-corrected chi connectivity index (χ1v) is 13.4. The van der Waals surface area contributed by atoms with Gasteiger partial charge in [-0.05, 0) is 65.7 Å². The molecule has 1 aromatic carbocycles. The highest BCUT2D eigenvalue weighted by atomic mass is 127. The van der Waals surface area contributed by atoms with Crippen LogP contribution in [0.5, 0.6) is 0 Å². The molecule has 0 saturated heterocycles. The van der Waals surface area contributed by atoms with Gasteiger partial charge in [0.1, 0.15) is 0 Å². The Labute approximate surface area is 186 Å². The summed E-state index contributed by atoms with van der Waals surface area (Å²) >= 11 is 7.53. The van der Waals surface area contributed by atoms with Gasteiger partial charge in [0.05, 0.1) is 0 Å². The number of hydrogen-bond donors (Lipinski definition) is 0. The Kier molecular flexibility index (Phi) is 11.2. The van der Waals surface area contributed by atoms with Crippen LogP contribution in [-0.4, -0.2) is 27.4 Å². The number of aromatic nitrogens is 2. The SMILES string of the molecule is CC.CC.CN(C)Sc1cccc(-c2cn(SI)c3ncc(Br)cc23)c1. The lowest BCUT2D eigenvalue weighted by Crippen LogP contribution is -1.98. The van der Waals surface area contributed by atoms with Crippen LogP contribution in [0.1, 0.15) is 27.7 Å². The van der Waals surface area contributed by atoms with E-state index in [4.69, 9.17) is 0 Å². The fourth-order valence-electron chi connectivity index (χ4n) is 2.27. The minimum atomic E-state index is 0.989. The highest BCUT2D eigenvalue weighted by Crippen LogP contribution is 2.36. The topological polar surface area (TPSA) is 21.1 Å². The van der Waals surface area contributed by atoms with Gasteiger partial charge >= 0.3 is 0 Å². The summed E-state index contributed by atoms with van der Waals surface area (Å²) < 4.78 is 5.20. The fourth-order valence-corrected chi connectivity index (χ4v) is 4.60. The molecule has 0 fully saturated rings. The number of nitrogens with zero attached hydrogens (tertiary/aromatic N) is 3. The maximum Gasteiger partial charge on any atom is 0.151 e. The van der Waals surface area contributed by atoms with Gasteiger partial charge in [-0.3, -0.25) is 8.28 Å². The van der Waals surface area contributed by atoms with E-state index in [2.05, 4.69) is 101 Å². The number of rotatable bonds is 4. The molecule has 0 saturated carbocycles. The molecule has 7 heteroatoms. The molecule has 0 atom stereocenters. The smallest absolute Gasteiger partial charge is 0.151 e. The van der Waals surface area contributed by atoms with E-state index in [0.29, 0.717) is 0 Å². The molecule has 3 rings (SSSR count). The first kappa shape index (κ1) is 23.8. The van der Waals surface area contributed by atoms with Crippen molar-refractivity contribution >= 4 is 69.2 Å². The molecule has 142 valence electrons. The predicted octanol–water partition coefficient (Wildman–Crippen LogP) is 7.93. The molecule has 3 aromatic rings. The maximum absolute atomic E-state index is 4.55. The summed E-state index contributed by atoms with van der Waals surface area (Å²) in [7, 11) is 5.74. The molecule has 0 unspecified atom stereocenters. The van der Waals surface area contributed by atoms with Crippen LogP contribution in [0.2, 0.25) is 0 Å². The normalized spacial score (nSPS) is 10.2. The monoisotopic (exact) mass is 565 g/mol. The lowest BCUT2D eigenvalue weighted by molar-refractivity contribution is 0.703. The summed E-state index contributed by atoms with van der Waals surface area (Å²) in [5.41, 5.74) is 3.40. The molecule has 0 bridgehead atoms. The first-order valence-electron chi connectivity index (χ1n) is 8.50. The van der Waals surface area contributed by atoms with Crippen molar-refractivity contribution in [3.8, 4) is 11.1 Å². The molecule has 0 aliphatic heterocycles. The van der Waals surface area contributed by atoms with E-state index in [9.17, 15) is 0 Å². The zero-order valence-corrected chi connectivity index (χ0v) is 21.3. The van der Waals surface area contributed by atoms with Gasteiger partial charge in [-0.2, -0.15) is 0 Å². The molecule has 26 heavy (non-hydrogen) atoms. The van der Waals surface area contributed by atoms with Crippen molar-refractivity contribution in [1.82, 2.24) is 13.3 Å². The molecule has 3 nitrogen and oxygen atoms in total. The Morgan fingerprint density at radius 3 is 2.42 bits per heavy atom. The molecule has 0 N–H and O–H groups in total. The van der Waals surface area contributed by atoms with Crippen LogP contribution in [0.15, 0.2) is 52.1 Å². The Morgan fingerprint density at radius 2 is 1.81 bits per heavy atom. The molecule has 0 aliphatic carbocycles. The van der Waals surface area contributed by atoms with Gasteiger partial charge in [0.25, 0.3) is 0 Å². The molecule has 2 aromatic heterocycles. The lowest BCUT2D eigenvalue weighted by atomic mass is 10.1. The zero-order valence-electron chi connectivity index (χ0n) is 16.0. The fraction of sp³-hybridized carbons (Fsp3) is 0.316. The van der Waals surface area contributed by atoms with E-state index in [1.54, 1.807) is 21.1 Å². The van der Waals surface area contributed by atoms with Crippen molar-refractivity contribution in [3.63, 3.8) is 0 Å². The summed E-state index contributed by atoms with van der Waals surface area (Å²) in [6.07, 6.45) is 3.99. The van der Waals surface area contributed by atoms with Crippen molar-refractivity contribution in [2.24, 2.45) is 0 Å². The molecule has 0 spiro atoms. The van der Waals surface area contributed by atoms with Crippen LogP contribution >= 0.6 is 58.2 Å². The van der Waals surface area contributed by atoms with Gasteiger partial charge in [-0.1, -0.05) is 39.8 Å². The highest BCUT2D eigenvalue weighted by Gasteiger charge is 2.13. The number of hydrogen-bond acceptors (Lipinski definition) is 4. The summed E-state index contributed by atoms with van der Waals surface area (Å²) in [5.74, 6) is 0. The van der Waals surface area contributed by atoms with Crippen molar-refractivity contribution in [1.29, 1.82) is 0 Å². The third-order valence-corrected chi connectivity index (χ3v) is 6.05. The highest BCUT2D eigenvalue weighted by molar-refractivity contribution is 14.2. The van der Waals surface area contributed by atoms with E-state index in [1.165, 1.54) is 16.0 Å². The Bertz CT molecular complexity index is 822. The second-order valence-electron chi connectivity index (χ2n) is 4.89. The average molecular weight is 566 g/mol. The second-order valence-corrected chi connectivity index (χ2v) is 8.91. The van der Waals surface area contributed by atoms with Crippen molar-refractivity contribution in [2.45, 2.75) is 32.6 Å². The standard InChI is InChI=1S/C15H13BrIN3S2.2C2H6/c1-19(2)21-12-5-3-4-10(6-12)14-9-20(22-17)15-13(14)7-11(16)8-18-15;2*1-2/h3-9H,1-2H3;2*1-2H3. The lowest BCUT2D eigenvalue weighted by Gasteiger charge is -2.09. The quantitative estimate of drug-likeness (QED) is 0.236. The summed E-state index contributed by atoms with van der Waals surface area (Å²) in [5, 5.41) is 1.16. The van der Waals surface area contributed by atoms with E-state index >= 15 is 0 Å². The van der Waals surface area contributed by atoms with Crippen LogP contribution in [-0.2, 0) is 0 Å². The van der Waals surface area contributed by atoms with E-state index < -0.39 is 0 Å². The summed E-state index contributed by atoms with van der Waals surface area (Å²) in [6, 6.07) is 10.7. The molecular formula is C19H25BrIN3S2. The third kappa shape index (κ3) is 6.15. The number of pyridine rings is 1. The Hall–Kier alpha value is -0.220. The van der Waals surface area contributed by atoms with Gasteiger partial charge in [-0.25, -0.2) is 4.98 Å². The van der Waals surface area contributed by atoms with Crippen molar-refractivity contribution in [3.05, 3.63) is 47.2 Å². The minimum Gasteiger partial charge on any atom is -0.265 e.